The number of ether oxygens (including phenoxy) is 1. The number of Topliss-reactive ketones (excluding diaryl/α,β-unsaturated/α-hetero) is 1. The zero-order valence-electron chi connectivity index (χ0n) is 9.69. The van der Waals surface area contributed by atoms with Gasteiger partial charge in [0.25, 0.3) is 0 Å². The normalized spacial score (nSPS) is 17.7. The molecule has 3 nitrogen and oxygen atoms in total. The second kappa shape index (κ2) is 5.89. The van der Waals surface area contributed by atoms with Crippen molar-refractivity contribution >= 4 is 5.78 Å². The summed E-state index contributed by atoms with van der Waals surface area (Å²) in [5.74, 6) is -0.281. The van der Waals surface area contributed by atoms with Gasteiger partial charge < -0.3 is 4.74 Å². The maximum Gasteiger partial charge on any atom is 0.176 e. The van der Waals surface area contributed by atoms with Crippen molar-refractivity contribution in [2.24, 2.45) is 0 Å². The highest BCUT2D eigenvalue weighted by atomic mass is 19.1. The van der Waals surface area contributed by atoms with Gasteiger partial charge in [0, 0.05) is 25.3 Å². The zero-order chi connectivity index (χ0) is 12.1. The quantitative estimate of drug-likeness (QED) is 0.750. The molecule has 0 unspecified atom stereocenters. The lowest BCUT2D eigenvalue weighted by molar-refractivity contribution is 0.0922. The van der Waals surface area contributed by atoms with Crippen LogP contribution < -0.4 is 0 Å². The first kappa shape index (κ1) is 12.2. The first-order valence-corrected chi connectivity index (χ1v) is 5.84. The van der Waals surface area contributed by atoms with Crippen LogP contribution in [0.2, 0.25) is 0 Å². The summed E-state index contributed by atoms with van der Waals surface area (Å²) in [6.07, 6.45) is 0.955. The fourth-order valence-electron chi connectivity index (χ4n) is 1.89. The number of hydrogen-bond acceptors (Lipinski definition) is 3. The van der Waals surface area contributed by atoms with Crippen molar-refractivity contribution in [2.75, 3.05) is 32.8 Å². The fourth-order valence-corrected chi connectivity index (χ4v) is 1.89. The number of carbonyl (C=O) groups excluding carboxylic acids is 1. The summed E-state index contributed by atoms with van der Waals surface area (Å²) in [5, 5.41) is 0. The molecule has 0 bridgehead atoms. The number of nitrogens with zero attached hydrogens (tertiary/aromatic N) is 1. The van der Waals surface area contributed by atoms with E-state index in [1.54, 1.807) is 0 Å². The van der Waals surface area contributed by atoms with Crippen molar-refractivity contribution in [3.05, 3.63) is 35.6 Å². The van der Waals surface area contributed by atoms with Crippen molar-refractivity contribution in [2.45, 2.75) is 6.42 Å². The first-order chi connectivity index (χ1) is 8.25. The molecule has 0 atom stereocenters. The molecule has 0 spiro atoms. The number of ketones is 1. The first-order valence-electron chi connectivity index (χ1n) is 5.84. The molecule has 1 aromatic rings. The molecular weight excluding hydrogens is 221 g/mol. The van der Waals surface area contributed by atoms with Gasteiger partial charge in [0.2, 0.25) is 0 Å². The van der Waals surface area contributed by atoms with Gasteiger partial charge in [-0.25, -0.2) is 4.39 Å². The minimum Gasteiger partial charge on any atom is -0.380 e. The minimum atomic E-state index is -0.315. The zero-order valence-corrected chi connectivity index (χ0v) is 9.69. The fraction of sp³-hybridized carbons (Fsp3) is 0.462. The Bertz CT molecular complexity index is 370. The van der Waals surface area contributed by atoms with Crippen LogP contribution in [0.1, 0.15) is 16.8 Å². The van der Waals surface area contributed by atoms with Crippen LogP contribution in [0.15, 0.2) is 24.3 Å². The van der Waals surface area contributed by atoms with Crippen molar-refractivity contribution in [1.82, 2.24) is 4.90 Å². The predicted molar refractivity (Wildman–Crippen MR) is 62.6 cm³/mol. The van der Waals surface area contributed by atoms with Crippen LogP contribution in [0, 0.1) is 5.82 Å². The van der Waals surface area contributed by atoms with Crippen LogP contribution in [0.5, 0.6) is 0 Å². The Morgan fingerprint density at radius 1 is 1.24 bits per heavy atom. The average molecular weight is 237 g/mol. The predicted octanol–water partition coefficient (Wildman–Crippen LogP) is 1.73. The van der Waals surface area contributed by atoms with E-state index in [1.165, 1.54) is 24.3 Å². The summed E-state index contributed by atoms with van der Waals surface area (Å²) in [6.45, 7) is 3.49. The van der Waals surface area contributed by atoms with Gasteiger partial charge in [-0.05, 0) is 30.7 Å². The molecule has 1 aromatic carbocycles. The van der Waals surface area contributed by atoms with Gasteiger partial charge in [0.1, 0.15) is 5.82 Å². The van der Waals surface area contributed by atoms with Crippen LogP contribution in [0.3, 0.4) is 0 Å². The molecule has 17 heavy (non-hydrogen) atoms. The molecule has 0 saturated carbocycles. The number of rotatable bonds is 3. The minimum absolute atomic E-state index is 0.0342. The number of carbonyl (C=O) groups is 1. The van der Waals surface area contributed by atoms with Crippen molar-refractivity contribution in [3.63, 3.8) is 0 Å². The van der Waals surface area contributed by atoms with E-state index in [9.17, 15) is 9.18 Å². The van der Waals surface area contributed by atoms with Gasteiger partial charge in [-0.2, -0.15) is 0 Å². The summed E-state index contributed by atoms with van der Waals surface area (Å²) in [7, 11) is 0. The van der Waals surface area contributed by atoms with Gasteiger partial charge in [-0.1, -0.05) is 0 Å². The summed E-state index contributed by atoms with van der Waals surface area (Å²) in [5.41, 5.74) is 0.566. The van der Waals surface area contributed by atoms with E-state index >= 15 is 0 Å². The van der Waals surface area contributed by atoms with E-state index in [4.69, 9.17) is 4.74 Å². The Morgan fingerprint density at radius 3 is 2.76 bits per heavy atom. The van der Waals surface area contributed by atoms with Gasteiger partial charge in [0.15, 0.2) is 5.78 Å². The van der Waals surface area contributed by atoms with Crippen LogP contribution in [-0.2, 0) is 4.74 Å². The Kier molecular flexibility index (Phi) is 4.23. The summed E-state index contributed by atoms with van der Waals surface area (Å²) in [6, 6.07) is 5.70. The smallest absolute Gasteiger partial charge is 0.176 e. The number of benzene rings is 1. The van der Waals surface area contributed by atoms with Crippen LogP contribution in [0.25, 0.3) is 0 Å². The Morgan fingerprint density at radius 2 is 2.00 bits per heavy atom. The third kappa shape index (κ3) is 3.61. The van der Waals surface area contributed by atoms with E-state index in [2.05, 4.69) is 4.90 Å². The monoisotopic (exact) mass is 237 g/mol. The van der Waals surface area contributed by atoms with Crippen LogP contribution in [0.4, 0.5) is 4.39 Å². The maximum atomic E-state index is 12.7. The molecule has 4 heteroatoms. The summed E-state index contributed by atoms with van der Waals surface area (Å²) < 4.78 is 18.0. The highest BCUT2D eigenvalue weighted by Crippen LogP contribution is 2.06. The van der Waals surface area contributed by atoms with E-state index < -0.39 is 0 Å². The number of halogens is 1. The molecule has 92 valence electrons. The molecule has 0 radical (unpaired) electrons. The molecule has 1 aliphatic heterocycles. The summed E-state index contributed by atoms with van der Waals surface area (Å²) >= 11 is 0. The molecular formula is C13H16FNO2. The Hall–Kier alpha value is -1.26. The van der Waals surface area contributed by atoms with E-state index in [0.29, 0.717) is 18.7 Å². The lowest BCUT2D eigenvalue weighted by Crippen LogP contribution is -2.32. The van der Waals surface area contributed by atoms with Gasteiger partial charge in [-0.3, -0.25) is 9.69 Å². The maximum absolute atomic E-state index is 12.7. The standard InChI is InChI=1S/C13H16FNO2/c14-12-4-2-11(3-5-12)13(16)10-15-6-1-8-17-9-7-15/h2-5H,1,6-10H2. The molecule has 0 amide bonds. The molecule has 1 fully saturated rings. The van der Waals surface area contributed by atoms with Gasteiger partial charge in [-0.15, -0.1) is 0 Å². The molecule has 1 saturated heterocycles. The molecule has 1 heterocycles. The third-order valence-electron chi connectivity index (χ3n) is 2.85. The SMILES string of the molecule is O=C(CN1CCCOCC1)c1ccc(F)cc1. The molecule has 0 N–H and O–H groups in total. The van der Waals surface area contributed by atoms with E-state index in [0.717, 1.165) is 26.1 Å². The van der Waals surface area contributed by atoms with Crippen molar-refractivity contribution < 1.29 is 13.9 Å². The lowest BCUT2D eigenvalue weighted by atomic mass is 10.1. The molecule has 0 aromatic heterocycles. The van der Waals surface area contributed by atoms with Gasteiger partial charge in [0.05, 0.1) is 13.2 Å². The second-order valence-corrected chi connectivity index (χ2v) is 4.17. The van der Waals surface area contributed by atoms with Gasteiger partial charge >= 0.3 is 0 Å². The number of hydrogen-bond donors (Lipinski definition) is 0. The molecule has 1 aliphatic rings. The summed E-state index contributed by atoms with van der Waals surface area (Å²) in [4.78, 5) is 14.0. The third-order valence-corrected chi connectivity index (χ3v) is 2.85. The van der Waals surface area contributed by atoms with E-state index in [-0.39, 0.29) is 11.6 Å². The van der Waals surface area contributed by atoms with E-state index in [1.807, 2.05) is 0 Å². The molecule has 2 rings (SSSR count). The Balaban J connectivity index is 1.93. The van der Waals surface area contributed by atoms with Crippen molar-refractivity contribution in [1.29, 1.82) is 0 Å². The van der Waals surface area contributed by atoms with Crippen LogP contribution in [-0.4, -0.2) is 43.5 Å². The highest BCUT2D eigenvalue weighted by molar-refractivity contribution is 5.97. The molecule has 0 aliphatic carbocycles. The topological polar surface area (TPSA) is 29.5 Å². The van der Waals surface area contributed by atoms with Crippen LogP contribution >= 0.6 is 0 Å². The Labute approximate surface area is 100 Å². The average Bonchev–Trinajstić information content (AvgIpc) is 2.58. The largest absolute Gasteiger partial charge is 0.380 e. The highest BCUT2D eigenvalue weighted by Gasteiger charge is 2.14. The lowest BCUT2D eigenvalue weighted by Gasteiger charge is -2.17. The second-order valence-electron chi connectivity index (χ2n) is 4.17. The van der Waals surface area contributed by atoms with Crippen molar-refractivity contribution in [3.8, 4) is 0 Å².